The number of carbonyl (C=O) groups is 1. The second-order valence-electron chi connectivity index (χ2n) is 5.56. The van der Waals surface area contributed by atoms with E-state index in [1.54, 1.807) is 30.3 Å². The van der Waals surface area contributed by atoms with Crippen molar-refractivity contribution in [3.63, 3.8) is 0 Å². The van der Waals surface area contributed by atoms with E-state index in [2.05, 4.69) is 10.6 Å². The number of anilines is 1. The number of rotatable bonds is 4. The number of hydrogen-bond acceptors (Lipinski definition) is 2. The van der Waals surface area contributed by atoms with Gasteiger partial charge in [0, 0.05) is 5.02 Å². The molecule has 2 aromatic rings. The molecule has 6 heteroatoms. The average Bonchev–Trinajstić information content (AvgIpc) is 2.47. The molecule has 0 atom stereocenters. The van der Waals surface area contributed by atoms with Crippen LogP contribution in [0.5, 0.6) is 5.75 Å². The smallest absolute Gasteiger partial charge is 0.320 e. The Labute approximate surface area is 139 Å². The third-order valence-corrected chi connectivity index (χ3v) is 3.64. The van der Waals surface area contributed by atoms with Crippen molar-refractivity contribution in [2.45, 2.75) is 19.4 Å². The van der Waals surface area contributed by atoms with Crippen LogP contribution in [0.1, 0.15) is 19.4 Å². The molecule has 0 bridgehead atoms. The minimum absolute atomic E-state index is 0.322. The van der Waals surface area contributed by atoms with Crippen molar-refractivity contribution in [3.8, 4) is 5.75 Å². The van der Waals surface area contributed by atoms with E-state index in [0.29, 0.717) is 16.5 Å². The molecule has 122 valence electrons. The van der Waals surface area contributed by atoms with E-state index in [1.807, 2.05) is 13.8 Å². The number of benzene rings is 2. The molecule has 0 saturated heterocycles. The first-order valence-corrected chi connectivity index (χ1v) is 7.38. The van der Waals surface area contributed by atoms with Gasteiger partial charge < -0.3 is 15.4 Å². The first kappa shape index (κ1) is 17.1. The molecule has 0 heterocycles. The average molecular weight is 337 g/mol. The predicted molar refractivity (Wildman–Crippen MR) is 89.6 cm³/mol. The number of nitrogens with one attached hydrogen (secondary N) is 2. The van der Waals surface area contributed by atoms with Crippen LogP contribution in [-0.2, 0) is 5.54 Å². The number of carbonyl (C=O) groups excluding carboxylic acids is 1. The van der Waals surface area contributed by atoms with E-state index in [-0.39, 0.29) is 5.82 Å². The molecule has 0 saturated carbocycles. The second kappa shape index (κ2) is 6.87. The zero-order chi connectivity index (χ0) is 17.0. The Bertz CT molecular complexity index is 702. The first-order chi connectivity index (χ1) is 10.8. The van der Waals surface area contributed by atoms with Gasteiger partial charge in [0.2, 0.25) is 0 Å². The Morgan fingerprint density at radius 2 is 1.83 bits per heavy atom. The molecule has 2 N–H and O–H groups in total. The van der Waals surface area contributed by atoms with Gasteiger partial charge in [0.15, 0.2) is 0 Å². The summed E-state index contributed by atoms with van der Waals surface area (Å²) in [6, 6.07) is 10.5. The van der Waals surface area contributed by atoms with Crippen LogP contribution in [0.25, 0.3) is 0 Å². The lowest BCUT2D eigenvalue weighted by Crippen LogP contribution is -2.43. The number of hydrogen-bond donors (Lipinski definition) is 2. The summed E-state index contributed by atoms with van der Waals surface area (Å²) in [5.74, 6) is 0.182. The van der Waals surface area contributed by atoms with Gasteiger partial charge in [-0.1, -0.05) is 23.7 Å². The predicted octanol–water partition coefficient (Wildman–Crippen LogP) is 4.54. The third kappa shape index (κ3) is 4.36. The molecule has 23 heavy (non-hydrogen) atoms. The second-order valence-corrected chi connectivity index (χ2v) is 5.99. The minimum Gasteiger partial charge on any atom is -0.495 e. The van der Waals surface area contributed by atoms with Gasteiger partial charge in [0.05, 0.1) is 18.3 Å². The van der Waals surface area contributed by atoms with E-state index in [0.717, 1.165) is 5.56 Å². The Morgan fingerprint density at radius 3 is 2.43 bits per heavy atom. The molecular weight excluding hydrogens is 319 g/mol. The van der Waals surface area contributed by atoms with E-state index in [1.165, 1.54) is 19.2 Å². The number of urea groups is 1. The normalized spacial score (nSPS) is 11.0. The topological polar surface area (TPSA) is 50.4 Å². The molecule has 0 spiro atoms. The van der Waals surface area contributed by atoms with Crippen molar-refractivity contribution >= 4 is 23.3 Å². The molecule has 0 aliphatic carbocycles. The van der Waals surface area contributed by atoms with Crippen LogP contribution in [0.3, 0.4) is 0 Å². The van der Waals surface area contributed by atoms with Gasteiger partial charge in [-0.15, -0.1) is 0 Å². The summed E-state index contributed by atoms with van der Waals surface area (Å²) in [6.45, 7) is 3.66. The number of methoxy groups -OCH3 is 1. The Morgan fingerprint density at radius 1 is 1.17 bits per heavy atom. The lowest BCUT2D eigenvalue weighted by Gasteiger charge is -2.27. The van der Waals surface area contributed by atoms with Crippen molar-refractivity contribution in [2.24, 2.45) is 0 Å². The highest BCUT2D eigenvalue weighted by atomic mass is 35.5. The highest BCUT2D eigenvalue weighted by molar-refractivity contribution is 6.31. The maximum Gasteiger partial charge on any atom is 0.320 e. The first-order valence-electron chi connectivity index (χ1n) is 7.00. The molecule has 0 aliphatic heterocycles. The van der Waals surface area contributed by atoms with Crippen LogP contribution in [-0.4, -0.2) is 13.1 Å². The molecule has 0 fully saturated rings. The molecule has 0 aromatic heterocycles. The summed E-state index contributed by atoms with van der Waals surface area (Å²) < 4.78 is 18.2. The number of amides is 2. The fraction of sp³-hybridized carbons (Fsp3) is 0.235. The minimum atomic E-state index is -0.677. The molecule has 4 nitrogen and oxygen atoms in total. The summed E-state index contributed by atoms with van der Waals surface area (Å²) in [7, 11) is 1.51. The molecule has 2 amide bonds. The van der Waals surface area contributed by atoms with Crippen LogP contribution >= 0.6 is 11.6 Å². The van der Waals surface area contributed by atoms with Gasteiger partial charge >= 0.3 is 6.03 Å². The molecule has 2 aromatic carbocycles. The highest BCUT2D eigenvalue weighted by Gasteiger charge is 2.23. The SMILES string of the molecule is COc1ccc(Cl)cc1NC(=O)NC(C)(C)c1ccc(F)cc1. The fourth-order valence-corrected chi connectivity index (χ4v) is 2.33. The molecule has 0 aliphatic rings. The third-order valence-electron chi connectivity index (χ3n) is 3.40. The summed E-state index contributed by atoms with van der Waals surface area (Å²) in [5, 5.41) is 6.03. The van der Waals surface area contributed by atoms with Crippen molar-refractivity contribution in [1.82, 2.24) is 5.32 Å². The lowest BCUT2D eigenvalue weighted by molar-refractivity contribution is 0.241. The summed E-state index contributed by atoms with van der Waals surface area (Å²) in [4.78, 5) is 12.3. The summed E-state index contributed by atoms with van der Waals surface area (Å²) >= 11 is 5.94. The molecular formula is C17H18ClFN2O2. The monoisotopic (exact) mass is 336 g/mol. The van der Waals surface area contributed by atoms with Crippen molar-refractivity contribution in [3.05, 3.63) is 58.9 Å². The van der Waals surface area contributed by atoms with Crippen LogP contribution in [0, 0.1) is 5.82 Å². The van der Waals surface area contributed by atoms with Crippen LogP contribution < -0.4 is 15.4 Å². The van der Waals surface area contributed by atoms with E-state index in [4.69, 9.17) is 16.3 Å². The highest BCUT2D eigenvalue weighted by Crippen LogP contribution is 2.28. The zero-order valence-electron chi connectivity index (χ0n) is 13.1. The zero-order valence-corrected chi connectivity index (χ0v) is 13.9. The van der Waals surface area contributed by atoms with Crippen LogP contribution in [0.15, 0.2) is 42.5 Å². The number of ether oxygens (including phenoxy) is 1. The van der Waals surface area contributed by atoms with Crippen LogP contribution in [0.2, 0.25) is 5.02 Å². The fourth-order valence-electron chi connectivity index (χ4n) is 2.15. The largest absolute Gasteiger partial charge is 0.495 e. The van der Waals surface area contributed by atoms with Crippen molar-refractivity contribution in [2.75, 3.05) is 12.4 Å². The van der Waals surface area contributed by atoms with E-state index >= 15 is 0 Å². The quantitative estimate of drug-likeness (QED) is 0.860. The van der Waals surface area contributed by atoms with E-state index < -0.39 is 11.6 Å². The van der Waals surface area contributed by atoms with Gasteiger partial charge in [-0.3, -0.25) is 0 Å². The maximum absolute atomic E-state index is 13.0. The van der Waals surface area contributed by atoms with Gasteiger partial charge in [0.25, 0.3) is 0 Å². The Balaban J connectivity index is 2.12. The van der Waals surface area contributed by atoms with Crippen molar-refractivity contribution < 1.29 is 13.9 Å². The van der Waals surface area contributed by atoms with E-state index in [9.17, 15) is 9.18 Å². The Kier molecular flexibility index (Phi) is 5.11. The molecule has 0 unspecified atom stereocenters. The maximum atomic E-state index is 13.0. The summed E-state index contributed by atoms with van der Waals surface area (Å²) in [5.41, 5.74) is 0.573. The lowest BCUT2D eigenvalue weighted by atomic mass is 9.94. The van der Waals surface area contributed by atoms with Gasteiger partial charge in [-0.2, -0.15) is 0 Å². The van der Waals surface area contributed by atoms with Gasteiger partial charge in [-0.25, -0.2) is 9.18 Å². The van der Waals surface area contributed by atoms with Crippen LogP contribution in [0.4, 0.5) is 14.9 Å². The molecule has 0 radical (unpaired) electrons. The molecule has 2 rings (SSSR count). The number of halogens is 2. The van der Waals surface area contributed by atoms with Gasteiger partial charge in [-0.05, 0) is 49.7 Å². The summed E-state index contributed by atoms with van der Waals surface area (Å²) in [6.07, 6.45) is 0. The Hall–Kier alpha value is -2.27. The van der Waals surface area contributed by atoms with Crippen molar-refractivity contribution in [1.29, 1.82) is 0 Å². The standard InChI is InChI=1S/C17H18ClFN2O2/c1-17(2,11-4-7-13(19)8-5-11)21-16(22)20-14-10-12(18)6-9-15(14)23-3/h4-10H,1-3H3,(H2,20,21,22). The van der Waals surface area contributed by atoms with Gasteiger partial charge in [0.1, 0.15) is 11.6 Å².